The van der Waals surface area contributed by atoms with E-state index in [0.29, 0.717) is 18.7 Å². The summed E-state index contributed by atoms with van der Waals surface area (Å²) in [6, 6.07) is 8.02. The lowest BCUT2D eigenvalue weighted by atomic mass is 10.3. The molecule has 9 nitrogen and oxygen atoms in total. The summed E-state index contributed by atoms with van der Waals surface area (Å²) in [6.07, 6.45) is -0.377. The summed E-state index contributed by atoms with van der Waals surface area (Å²) in [4.78, 5) is 19.8. The number of nitrogens with one attached hydrogen (secondary N) is 1. The summed E-state index contributed by atoms with van der Waals surface area (Å²) >= 11 is 0. The van der Waals surface area contributed by atoms with Crippen LogP contribution >= 0.6 is 0 Å². The van der Waals surface area contributed by atoms with E-state index in [1.54, 1.807) is 0 Å². The number of rotatable bonds is 5. The Labute approximate surface area is 163 Å². The number of methoxy groups -OCH3 is 1. The summed E-state index contributed by atoms with van der Waals surface area (Å²) in [5, 5.41) is 2.48. The second-order valence-electron chi connectivity index (χ2n) is 6.47. The monoisotopic (exact) mass is 406 g/mol. The van der Waals surface area contributed by atoms with Crippen molar-refractivity contribution in [3.63, 3.8) is 0 Å². The van der Waals surface area contributed by atoms with Crippen molar-refractivity contribution in [2.75, 3.05) is 25.5 Å². The topological polar surface area (TPSA) is 111 Å². The van der Waals surface area contributed by atoms with E-state index in [1.807, 2.05) is 19.9 Å². The van der Waals surface area contributed by atoms with Crippen LogP contribution < -0.4 is 10.1 Å². The molecule has 0 radical (unpaired) electrons. The van der Waals surface area contributed by atoms with Crippen molar-refractivity contribution in [1.29, 1.82) is 0 Å². The second kappa shape index (κ2) is 8.11. The Kier molecular flexibility index (Phi) is 5.80. The summed E-state index contributed by atoms with van der Waals surface area (Å²) in [5.41, 5.74) is 2.04. The van der Waals surface area contributed by atoms with E-state index in [4.69, 9.17) is 4.74 Å². The highest BCUT2D eigenvalue weighted by molar-refractivity contribution is 7.89. The van der Waals surface area contributed by atoms with Gasteiger partial charge in [-0.05, 0) is 50.6 Å². The van der Waals surface area contributed by atoms with Gasteiger partial charge in [0.05, 0.1) is 18.6 Å². The largest absolute Gasteiger partial charge is 0.459 e. The summed E-state index contributed by atoms with van der Waals surface area (Å²) in [5.74, 6) is 0. The molecule has 1 aromatic heterocycles. The maximum Gasteiger partial charge on any atom is 0.411 e. The number of carbonyl (C=O) groups is 1. The van der Waals surface area contributed by atoms with E-state index in [-0.39, 0.29) is 23.6 Å². The minimum absolute atomic E-state index is 0.145. The van der Waals surface area contributed by atoms with Gasteiger partial charge in [-0.3, -0.25) is 5.32 Å². The van der Waals surface area contributed by atoms with Crippen molar-refractivity contribution in [2.24, 2.45) is 0 Å². The maximum absolute atomic E-state index is 12.9. The molecule has 28 heavy (non-hydrogen) atoms. The van der Waals surface area contributed by atoms with Gasteiger partial charge in [0.1, 0.15) is 6.10 Å². The Morgan fingerprint density at radius 3 is 2.43 bits per heavy atom. The average Bonchev–Trinajstić information content (AvgIpc) is 3.10. The zero-order valence-corrected chi connectivity index (χ0v) is 16.7. The summed E-state index contributed by atoms with van der Waals surface area (Å²) < 4.78 is 37.4. The number of hydrogen-bond acceptors (Lipinski definition) is 7. The minimum atomic E-state index is -3.66. The highest BCUT2D eigenvalue weighted by Gasteiger charge is 2.34. The molecule has 1 amide bonds. The molecule has 0 aliphatic carbocycles. The third-order valence-corrected chi connectivity index (χ3v) is 6.14. The third-order valence-electron chi connectivity index (χ3n) is 4.27. The van der Waals surface area contributed by atoms with Crippen LogP contribution in [-0.4, -0.2) is 55.1 Å². The number of amides is 1. The molecular weight excluding hydrogens is 384 g/mol. The van der Waals surface area contributed by atoms with Crippen molar-refractivity contribution < 1.29 is 22.7 Å². The molecular formula is C18H22N4O5S. The SMILES string of the molecule is COC(=O)Nc1ccc(S(=O)(=O)N2CCC(Oc3nc(C)cc(C)n3)C2)cc1. The lowest BCUT2D eigenvalue weighted by molar-refractivity contribution is 0.187. The zero-order chi connectivity index (χ0) is 20.3. The molecule has 1 fully saturated rings. The molecule has 1 atom stereocenters. The third kappa shape index (κ3) is 4.57. The van der Waals surface area contributed by atoms with Gasteiger partial charge in [0.2, 0.25) is 10.0 Å². The summed E-state index contributed by atoms with van der Waals surface area (Å²) in [6.45, 7) is 4.28. The molecule has 1 N–H and O–H groups in total. The van der Waals surface area contributed by atoms with Crippen molar-refractivity contribution in [2.45, 2.75) is 31.3 Å². The van der Waals surface area contributed by atoms with E-state index in [9.17, 15) is 13.2 Å². The predicted octanol–water partition coefficient (Wildman–Crippen LogP) is 2.11. The molecule has 1 aliphatic rings. The highest BCUT2D eigenvalue weighted by atomic mass is 32.2. The van der Waals surface area contributed by atoms with E-state index in [0.717, 1.165) is 11.4 Å². The number of hydrogen-bond donors (Lipinski definition) is 1. The van der Waals surface area contributed by atoms with Crippen LogP contribution in [0.5, 0.6) is 6.01 Å². The van der Waals surface area contributed by atoms with Crippen molar-refractivity contribution in [1.82, 2.24) is 14.3 Å². The van der Waals surface area contributed by atoms with Crippen LogP contribution in [0.1, 0.15) is 17.8 Å². The summed E-state index contributed by atoms with van der Waals surface area (Å²) in [7, 11) is -2.41. The highest BCUT2D eigenvalue weighted by Crippen LogP contribution is 2.24. The average molecular weight is 406 g/mol. The molecule has 2 aromatic rings. The Morgan fingerprint density at radius 1 is 1.18 bits per heavy atom. The van der Waals surface area contributed by atoms with Gasteiger partial charge < -0.3 is 9.47 Å². The number of aryl methyl sites for hydroxylation is 2. The number of benzene rings is 1. The standard InChI is InChI=1S/C18H22N4O5S/c1-12-10-13(2)20-17(19-12)27-15-8-9-22(11-15)28(24,25)16-6-4-14(5-7-16)21-18(23)26-3/h4-7,10,15H,8-9,11H2,1-3H3,(H,21,23). The first-order chi connectivity index (χ1) is 13.3. The molecule has 10 heteroatoms. The van der Waals surface area contributed by atoms with E-state index < -0.39 is 16.1 Å². The first kappa shape index (κ1) is 20.0. The number of ether oxygens (including phenoxy) is 2. The van der Waals surface area contributed by atoms with Gasteiger partial charge in [-0.25, -0.2) is 23.2 Å². The molecule has 2 heterocycles. The Bertz CT molecular complexity index is 942. The van der Waals surface area contributed by atoms with Crippen molar-refractivity contribution in [3.8, 4) is 6.01 Å². The van der Waals surface area contributed by atoms with Crippen LogP contribution in [0.4, 0.5) is 10.5 Å². The molecule has 0 saturated carbocycles. The molecule has 150 valence electrons. The van der Waals surface area contributed by atoms with Gasteiger partial charge in [-0.1, -0.05) is 0 Å². The lowest BCUT2D eigenvalue weighted by Crippen LogP contribution is -2.31. The first-order valence-corrected chi connectivity index (χ1v) is 10.2. The van der Waals surface area contributed by atoms with Crippen molar-refractivity contribution in [3.05, 3.63) is 41.7 Å². The number of sulfonamides is 1. The van der Waals surface area contributed by atoms with Gasteiger partial charge in [0.15, 0.2) is 0 Å². The second-order valence-corrected chi connectivity index (χ2v) is 8.40. The number of carbonyl (C=O) groups excluding carboxylic acids is 1. The van der Waals surface area contributed by atoms with Gasteiger partial charge in [-0.15, -0.1) is 0 Å². The molecule has 0 bridgehead atoms. The quantitative estimate of drug-likeness (QED) is 0.809. The van der Waals surface area contributed by atoms with E-state index >= 15 is 0 Å². The van der Waals surface area contributed by atoms with Crippen LogP contribution in [0.25, 0.3) is 0 Å². The van der Waals surface area contributed by atoms with Crippen LogP contribution in [0.3, 0.4) is 0 Å². The van der Waals surface area contributed by atoms with Crippen LogP contribution in [0.15, 0.2) is 35.2 Å². The zero-order valence-electron chi connectivity index (χ0n) is 15.9. The molecule has 3 rings (SSSR count). The predicted molar refractivity (Wildman–Crippen MR) is 102 cm³/mol. The maximum atomic E-state index is 12.9. The fourth-order valence-electron chi connectivity index (χ4n) is 2.94. The van der Waals surface area contributed by atoms with Crippen LogP contribution in [-0.2, 0) is 14.8 Å². The van der Waals surface area contributed by atoms with Gasteiger partial charge in [-0.2, -0.15) is 4.31 Å². The molecule has 1 unspecified atom stereocenters. The van der Waals surface area contributed by atoms with Gasteiger partial charge >= 0.3 is 12.1 Å². The first-order valence-electron chi connectivity index (χ1n) is 8.72. The molecule has 1 saturated heterocycles. The number of nitrogens with zero attached hydrogens (tertiary/aromatic N) is 3. The Hall–Kier alpha value is -2.72. The smallest absolute Gasteiger partial charge is 0.411 e. The van der Waals surface area contributed by atoms with Crippen LogP contribution in [0.2, 0.25) is 0 Å². The van der Waals surface area contributed by atoms with Crippen LogP contribution in [0, 0.1) is 13.8 Å². The Morgan fingerprint density at radius 2 is 1.82 bits per heavy atom. The van der Waals surface area contributed by atoms with Crippen molar-refractivity contribution >= 4 is 21.8 Å². The minimum Gasteiger partial charge on any atom is -0.459 e. The lowest BCUT2D eigenvalue weighted by Gasteiger charge is -2.17. The van der Waals surface area contributed by atoms with Gasteiger partial charge in [0.25, 0.3) is 0 Å². The molecule has 1 aromatic carbocycles. The fourth-order valence-corrected chi connectivity index (χ4v) is 4.42. The van der Waals surface area contributed by atoms with E-state index in [2.05, 4.69) is 20.0 Å². The molecule has 0 spiro atoms. The van der Waals surface area contributed by atoms with Gasteiger partial charge in [0, 0.05) is 23.6 Å². The normalized spacial score (nSPS) is 17.3. The Balaban J connectivity index is 1.67. The fraction of sp³-hybridized carbons (Fsp3) is 0.389. The van der Waals surface area contributed by atoms with E-state index in [1.165, 1.54) is 35.7 Å². The molecule has 1 aliphatic heterocycles. The number of anilines is 1. The number of aromatic nitrogens is 2.